The summed E-state index contributed by atoms with van der Waals surface area (Å²) in [6, 6.07) is 23.1. The van der Waals surface area contributed by atoms with Crippen molar-refractivity contribution in [3.63, 3.8) is 0 Å². The predicted molar refractivity (Wildman–Crippen MR) is 165 cm³/mol. The zero-order valence-corrected chi connectivity index (χ0v) is 24.8. The van der Waals surface area contributed by atoms with Gasteiger partial charge in [-0.1, -0.05) is 47.7 Å². The molecule has 1 aliphatic rings. The minimum Gasteiger partial charge on any atom is -0.494 e. The number of ether oxygens (including phenoxy) is 3. The Morgan fingerprint density at radius 2 is 1.77 bits per heavy atom. The Kier molecular flexibility index (Phi) is 9.03. The molecule has 10 heteroatoms. The highest BCUT2D eigenvalue weighted by molar-refractivity contribution is 7.07. The molecule has 1 amide bonds. The third-order valence-corrected chi connectivity index (χ3v) is 7.65. The SMILES string of the molecule is CCOc1ccc([C@@H]2C(C(=O)Nc3ccccc3)=C(C)N=c3s/c(=C\c4ccc(OCC#N)c(OCC)c4)c(=O)n32)cc1. The number of amides is 1. The number of nitriles is 1. The molecule has 0 aliphatic carbocycles. The maximum Gasteiger partial charge on any atom is 0.271 e. The molecule has 0 saturated carbocycles. The van der Waals surface area contributed by atoms with Gasteiger partial charge in [0, 0.05) is 5.69 Å². The lowest BCUT2D eigenvalue weighted by atomic mass is 9.95. The Balaban J connectivity index is 1.62. The molecular formula is C33H30N4O5S. The molecule has 1 aliphatic heterocycles. The van der Waals surface area contributed by atoms with Gasteiger partial charge >= 0.3 is 0 Å². The molecule has 3 aromatic carbocycles. The highest BCUT2D eigenvalue weighted by Crippen LogP contribution is 2.32. The van der Waals surface area contributed by atoms with Crippen molar-refractivity contribution in [3.8, 4) is 23.3 Å². The lowest BCUT2D eigenvalue weighted by molar-refractivity contribution is -0.113. The molecule has 1 atom stereocenters. The molecule has 0 saturated heterocycles. The van der Waals surface area contributed by atoms with E-state index in [4.69, 9.17) is 24.5 Å². The predicted octanol–water partition coefficient (Wildman–Crippen LogP) is 4.57. The van der Waals surface area contributed by atoms with Gasteiger partial charge in [0.05, 0.1) is 35.1 Å². The maximum absolute atomic E-state index is 14.0. The summed E-state index contributed by atoms with van der Waals surface area (Å²) in [6.45, 7) is 6.37. The van der Waals surface area contributed by atoms with E-state index in [0.29, 0.717) is 62.3 Å². The third kappa shape index (κ3) is 6.37. The molecule has 218 valence electrons. The molecule has 0 fully saturated rings. The quantitative estimate of drug-likeness (QED) is 0.288. The summed E-state index contributed by atoms with van der Waals surface area (Å²) >= 11 is 1.25. The van der Waals surface area contributed by atoms with Crippen molar-refractivity contribution >= 4 is 29.0 Å². The topological polar surface area (TPSA) is 115 Å². The van der Waals surface area contributed by atoms with E-state index in [0.717, 1.165) is 5.56 Å². The average molecular weight is 595 g/mol. The Hall–Kier alpha value is -5.14. The summed E-state index contributed by atoms with van der Waals surface area (Å²) in [4.78, 5) is 33.0. The summed E-state index contributed by atoms with van der Waals surface area (Å²) in [6.07, 6.45) is 1.76. The maximum atomic E-state index is 14.0. The third-order valence-electron chi connectivity index (χ3n) is 6.66. The number of para-hydroxylation sites is 1. The average Bonchev–Trinajstić information content (AvgIpc) is 3.31. The number of anilines is 1. The fraction of sp³-hybridized carbons (Fsp3) is 0.212. The summed E-state index contributed by atoms with van der Waals surface area (Å²) < 4.78 is 18.8. The van der Waals surface area contributed by atoms with Crippen LogP contribution in [0.15, 0.2) is 93.9 Å². The van der Waals surface area contributed by atoms with Gasteiger partial charge in [0.2, 0.25) is 0 Å². The van der Waals surface area contributed by atoms with Crippen molar-refractivity contribution < 1.29 is 19.0 Å². The van der Waals surface area contributed by atoms with Gasteiger partial charge in [0.15, 0.2) is 22.9 Å². The fourth-order valence-electron chi connectivity index (χ4n) is 4.82. The minimum atomic E-state index is -0.710. The smallest absolute Gasteiger partial charge is 0.271 e. The second-order valence-corrected chi connectivity index (χ2v) is 10.5. The molecule has 0 radical (unpaired) electrons. The zero-order chi connectivity index (χ0) is 30.3. The van der Waals surface area contributed by atoms with Crippen LogP contribution in [0.25, 0.3) is 6.08 Å². The van der Waals surface area contributed by atoms with Crippen LogP contribution in [0.1, 0.15) is 37.9 Å². The molecule has 1 aromatic heterocycles. The van der Waals surface area contributed by atoms with Crippen LogP contribution in [0, 0.1) is 11.3 Å². The van der Waals surface area contributed by atoms with E-state index in [2.05, 4.69) is 5.32 Å². The standard InChI is InChI=1S/C33H30N4O5S/c1-4-40-25-14-12-23(13-15-25)30-29(31(38)36-24-9-7-6-8-10-24)21(3)35-33-37(30)32(39)28(43-33)20-22-11-16-26(42-18-17-34)27(19-22)41-5-2/h6-16,19-20,30H,4-5,18H2,1-3H3,(H,36,38)/b28-20-/t30-/m1/s1. The normalized spacial score (nSPS) is 14.4. The molecule has 0 bridgehead atoms. The van der Waals surface area contributed by atoms with Gasteiger partial charge in [-0.2, -0.15) is 5.26 Å². The molecule has 0 spiro atoms. The second-order valence-electron chi connectivity index (χ2n) is 9.49. The number of carbonyl (C=O) groups excluding carboxylic acids is 1. The minimum absolute atomic E-state index is 0.108. The van der Waals surface area contributed by atoms with E-state index in [1.165, 1.54) is 11.3 Å². The molecule has 0 unspecified atom stereocenters. The number of benzene rings is 3. The molecule has 9 nitrogen and oxygen atoms in total. The van der Waals surface area contributed by atoms with Gasteiger partial charge in [0.1, 0.15) is 11.8 Å². The van der Waals surface area contributed by atoms with Gasteiger partial charge in [-0.3, -0.25) is 14.2 Å². The van der Waals surface area contributed by atoms with E-state index in [9.17, 15) is 9.59 Å². The lowest BCUT2D eigenvalue weighted by Crippen LogP contribution is -2.40. The van der Waals surface area contributed by atoms with Crippen molar-refractivity contribution in [2.45, 2.75) is 26.8 Å². The van der Waals surface area contributed by atoms with Gasteiger partial charge in [0.25, 0.3) is 11.5 Å². The Morgan fingerprint density at radius 3 is 2.47 bits per heavy atom. The number of aromatic nitrogens is 1. The Labute approximate surface area is 252 Å². The van der Waals surface area contributed by atoms with E-state index in [-0.39, 0.29) is 18.1 Å². The number of nitrogens with zero attached hydrogens (tertiary/aromatic N) is 3. The second kappa shape index (κ2) is 13.2. The van der Waals surface area contributed by atoms with E-state index in [1.54, 1.807) is 35.8 Å². The molecule has 2 heterocycles. The van der Waals surface area contributed by atoms with E-state index in [1.807, 2.05) is 74.5 Å². The highest BCUT2D eigenvalue weighted by Gasteiger charge is 2.32. The number of allylic oxidation sites excluding steroid dienone is 1. The van der Waals surface area contributed by atoms with Crippen LogP contribution >= 0.6 is 11.3 Å². The Morgan fingerprint density at radius 1 is 1.02 bits per heavy atom. The number of nitrogens with one attached hydrogen (secondary N) is 1. The first-order chi connectivity index (χ1) is 20.9. The van der Waals surface area contributed by atoms with Gasteiger partial charge in [-0.15, -0.1) is 0 Å². The summed E-state index contributed by atoms with van der Waals surface area (Å²) in [5.74, 6) is 1.28. The molecular weight excluding hydrogens is 564 g/mol. The zero-order valence-electron chi connectivity index (χ0n) is 24.0. The van der Waals surface area contributed by atoms with Crippen LogP contribution in [-0.2, 0) is 4.79 Å². The van der Waals surface area contributed by atoms with Gasteiger partial charge < -0.3 is 19.5 Å². The highest BCUT2D eigenvalue weighted by atomic mass is 32.1. The number of carbonyl (C=O) groups is 1. The van der Waals surface area contributed by atoms with Crippen LogP contribution in [0.2, 0.25) is 0 Å². The molecule has 43 heavy (non-hydrogen) atoms. The first-order valence-corrected chi connectivity index (χ1v) is 14.6. The van der Waals surface area contributed by atoms with E-state index < -0.39 is 6.04 Å². The van der Waals surface area contributed by atoms with Crippen molar-refractivity contribution in [1.82, 2.24) is 4.57 Å². The number of thiazole rings is 1. The van der Waals surface area contributed by atoms with Crippen LogP contribution in [0.4, 0.5) is 5.69 Å². The fourth-order valence-corrected chi connectivity index (χ4v) is 5.87. The van der Waals surface area contributed by atoms with Crippen molar-refractivity contribution in [2.24, 2.45) is 4.99 Å². The summed E-state index contributed by atoms with van der Waals surface area (Å²) in [5.41, 5.74) is 2.74. The van der Waals surface area contributed by atoms with Crippen molar-refractivity contribution in [3.05, 3.63) is 115 Å². The number of rotatable bonds is 10. The van der Waals surface area contributed by atoms with Gasteiger partial charge in [-0.05, 0) is 74.4 Å². The Bertz CT molecular complexity index is 1890. The monoisotopic (exact) mass is 594 g/mol. The molecule has 5 rings (SSSR count). The largest absolute Gasteiger partial charge is 0.494 e. The van der Waals surface area contributed by atoms with E-state index >= 15 is 0 Å². The summed E-state index contributed by atoms with van der Waals surface area (Å²) in [5, 5.41) is 11.9. The first kappa shape index (κ1) is 29.4. The summed E-state index contributed by atoms with van der Waals surface area (Å²) in [7, 11) is 0. The van der Waals surface area contributed by atoms with Crippen molar-refractivity contribution in [1.29, 1.82) is 5.26 Å². The van der Waals surface area contributed by atoms with Crippen LogP contribution < -0.4 is 34.4 Å². The van der Waals surface area contributed by atoms with Gasteiger partial charge in [-0.25, -0.2) is 4.99 Å². The number of hydrogen-bond acceptors (Lipinski definition) is 8. The van der Waals surface area contributed by atoms with Crippen molar-refractivity contribution in [2.75, 3.05) is 25.1 Å². The molecule has 1 N–H and O–H groups in total. The van der Waals surface area contributed by atoms with Crippen LogP contribution in [0.3, 0.4) is 0 Å². The number of hydrogen-bond donors (Lipinski definition) is 1. The van der Waals surface area contributed by atoms with Crippen LogP contribution in [0.5, 0.6) is 17.2 Å². The molecule has 4 aromatic rings. The first-order valence-electron chi connectivity index (χ1n) is 13.8. The number of fused-ring (bicyclic) bond motifs is 1. The van der Waals surface area contributed by atoms with Crippen LogP contribution in [-0.4, -0.2) is 30.3 Å². The lowest BCUT2D eigenvalue weighted by Gasteiger charge is -2.25.